The summed E-state index contributed by atoms with van der Waals surface area (Å²) in [6.45, 7) is 7.26. The lowest BCUT2D eigenvalue weighted by molar-refractivity contribution is -0.120. The van der Waals surface area contributed by atoms with Gasteiger partial charge in [0.25, 0.3) is 0 Å². The molecule has 0 spiro atoms. The normalized spacial score (nSPS) is 17.3. The number of hydrogen-bond donors (Lipinski definition) is 1. The molecule has 2 rings (SSSR count). The van der Waals surface area contributed by atoms with Gasteiger partial charge in [-0.15, -0.1) is 10.2 Å². The third-order valence-electron chi connectivity index (χ3n) is 3.43. The Labute approximate surface area is 123 Å². The summed E-state index contributed by atoms with van der Waals surface area (Å²) >= 11 is 1.42. The maximum absolute atomic E-state index is 12.1. The Bertz CT molecular complexity index is 432. The van der Waals surface area contributed by atoms with Crippen molar-refractivity contribution in [3.8, 4) is 0 Å². The molecule has 0 aliphatic carbocycles. The van der Waals surface area contributed by atoms with Crippen LogP contribution in [0.5, 0.6) is 0 Å². The molecule has 1 fully saturated rings. The number of carbonyl (C=O) groups excluding carboxylic acids is 1. The first-order valence-corrected chi connectivity index (χ1v) is 7.97. The van der Waals surface area contributed by atoms with Crippen LogP contribution in [-0.2, 0) is 16.0 Å². The highest BCUT2D eigenvalue weighted by atomic mass is 32.1. The minimum Gasteiger partial charge on any atom is -0.381 e. The second-order valence-corrected chi connectivity index (χ2v) is 5.92. The topological polar surface area (TPSA) is 67.4 Å². The van der Waals surface area contributed by atoms with E-state index in [2.05, 4.69) is 20.4 Å². The van der Waals surface area contributed by atoms with E-state index < -0.39 is 0 Å². The fourth-order valence-electron chi connectivity index (χ4n) is 2.21. The van der Waals surface area contributed by atoms with Crippen LogP contribution in [0.3, 0.4) is 0 Å². The minimum atomic E-state index is -0.103. The highest BCUT2D eigenvalue weighted by Gasteiger charge is 2.24. The fourth-order valence-corrected chi connectivity index (χ4v) is 2.94. The second-order valence-electron chi connectivity index (χ2n) is 4.86. The van der Waals surface area contributed by atoms with Crippen molar-refractivity contribution < 1.29 is 9.53 Å². The maximum atomic E-state index is 12.1. The van der Waals surface area contributed by atoms with Crippen LogP contribution in [0.1, 0.15) is 31.7 Å². The molecular weight excluding hydrogens is 276 g/mol. The SMILES string of the molecule is CCOCCc1nnc(NC(=O)C(C)N2CCCC2)s1. The van der Waals surface area contributed by atoms with Gasteiger partial charge in [0.2, 0.25) is 11.0 Å². The fraction of sp³-hybridized carbons (Fsp3) is 0.769. The molecule has 1 unspecified atom stereocenters. The molecule has 1 atom stereocenters. The van der Waals surface area contributed by atoms with E-state index in [9.17, 15) is 4.79 Å². The lowest BCUT2D eigenvalue weighted by atomic mass is 10.3. The summed E-state index contributed by atoms with van der Waals surface area (Å²) in [4.78, 5) is 14.3. The Morgan fingerprint density at radius 3 is 2.90 bits per heavy atom. The van der Waals surface area contributed by atoms with Crippen molar-refractivity contribution in [3.05, 3.63) is 5.01 Å². The number of rotatable bonds is 7. The number of aromatic nitrogens is 2. The van der Waals surface area contributed by atoms with Crippen molar-refractivity contribution in [1.82, 2.24) is 15.1 Å². The van der Waals surface area contributed by atoms with E-state index in [1.165, 1.54) is 24.2 Å². The predicted octanol–water partition coefficient (Wildman–Crippen LogP) is 1.54. The van der Waals surface area contributed by atoms with E-state index in [4.69, 9.17) is 4.74 Å². The van der Waals surface area contributed by atoms with Crippen molar-refractivity contribution >= 4 is 22.4 Å². The van der Waals surface area contributed by atoms with Crippen LogP contribution in [0, 0.1) is 0 Å². The van der Waals surface area contributed by atoms with Gasteiger partial charge in [-0.05, 0) is 39.8 Å². The van der Waals surface area contributed by atoms with Crippen LogP contribution in [0.4, 0.5) is 5.13 Å². The van der Waals surface area contributed by atoms with E-state index in [1.807, 2.05) is 13.8 Å². The summed E-state index contributed by atoms with van der Waals surface area (Å²) in [5, 5.41) is 12.4. The van der Waals surface area contributed by atoms with Crippen LogP contribution >= 0.6 is 11.3 Å². The third kappa shape index (κ3) is 4.22. The molecule has 1 amide bonds. The molecule has 0 aromatic carbocycles. The van der Waals surface area contributed by atoms with Gasteiger partial charge in [-0.2, -0.15) is 0 Å². The molecule has 1 aromatic rings. The van der Waals surface area contributed by atoms with Gasteiger partial charge >= 0.3 is 0 Å². The van der Waals surface area contributed by atoms with Gasteiger partial charge in [-0.3, -0.25) is 15.0 Å². The standard InChI is InChI=1S/C13H22N4O2S/c1-3-19-9-6-11-15-16-13(20-11)14-12(18)10(2)17-7-4-5-8-17/h10H,3-9H2,1-2H3,(H,14,16,18). The molecule has 6 nitrogen and oxygen atoms in total. The molecule has 0 bridgehead atoms. The van der Waals surface area contributed by atoms with E-state index in [1.54, 1.807) is 0 Å². The summed E-state index contributed by atoms with van der Waals surface area (Å²) in [6, 6.07) is -0.103. The van der Waals surface area contributed by atoms with Gasteiger partial charge in [-0.1, -0.05) is 11.3 Å². The molecule has 0 saturated carbocycles. The largest absolute Gasteiger partial charge is 0.381 e. The number of nitrogens with one attached hydrogen (secondary N) is 1. The van der Waals surface area contributed by atoms with Crippen LogP contribution < -0.4 is 5.32 Å². The zero-order valence-electron chi connectivity index (χ0n) is 12.1. The molecule has 1 N–H and O–H groups in total. The minimum absolute atomic E-state index is 0.000548. The van der Waals surface area contributed by atoms with Crippen molar-refractivity contribution in [1.29, 1.82) is 0 Å². The smallest absolute Gasteiger partial charge is 0.243 e. The number of amides is 1. The van der Waals surface area contributed by atoms with E-state index in [-0.39, 0.29) is 11.9 Å². The molecule has 20 heavy (non-hydrogen) atoms. The molecule has 7 heteroatoms. The number of hydrogen-bond acceptors (Lipinski definition) is 6. The van der Waals surface area contributed by atoms with Gasteiger partial charge in [0.15, 0.2) is 0 Å². The van der Waals surface area contributed by atoms with Crippen LogP contribution in [0.25, 0.3) is 0 Å². The Balaban J connectivity index is 1.81. The summed E-state index contributed by atoms with van der Waals surface area (Å²) in [5.74, 6) is -0.000548. The maximum Gasteiger partial charge on any atom is 0.243 e. The lowest BCUT2D eigenvalue weighted by Crippen LogP contribution is -2.40. The summed E-state index contributed by atoms with van der Waals surface area (Å²) in [5.41, 5.74) is 0. The van der Waals surface area contributed by atoms with Gasteiger partial charge in [0.05, 0.1) is 12.6 Å². The Kier molecular flexibility index (Phi) is 5.87. The molecule has 1 aliphatic rings. The Hall–Kier alpha value is -1.05. The number of ether oxygens (including phenoxy) is 1. The van der Waals surface area contributed by atoms with E-state index >= 15 is 0 Å². The first-order chi connectivity index (χ1) is 9.70. The van der Waals surface area contributed by atoms with Gasteiger partial charge < -0.3 is 4.74 Å². The highest BCUT2D eigenvalue weighted by molar-refractivity contribution is 7.15. The number of anilines is 1. The van der Waals surface area contributed by atoms with Gasteiger partial charge in [0.1, 0.15) is 5.01 Å². The monoisotopic (exact) mass is 298 g/mol. The molecule has 0 radical (unpaired) electrons. The molecule has 1 aliphatic heterocycles. The molecule has 2 heterocycles. The average Bonchev–Trinajstić information content (AvgIpc) is 3.09. The van der Waals surface area contributed by atoms with Crippen molar-refractivity contribution in [2.45, 2.75) is 39.2 Å². The second kappa shape index (κ2) is 7.66. The van der Waals surface area contributed by atoms with Gasteiger partial charge in [0, 0.05) is 13.0 Å². The highest BCUT2D eigenvalue weighted by Crippen LogP contribution is 2.18. The van der Waals surface area contributed by atoms with Crippen LogP contribution in [0.2, 0.25) is 0 Å². The van der Waals surface area contributed by atoms with E-state index in [0.717, 1.165) is 24.5 Å². The molecular formula is C13H22N4O2S. The van der Waals surface area contributed by atoms with Crippen LogP contribution in [0.15, 0.2) is 0 Å². The average molecular weight is 298 g/mol. The number of nitrogens with zero attached hydrogens (tertiary/aromatic N) is 3. The summed E-state index contributed by atoms with van der Waals surface area (Å²) in [7, 11) is 0. The zero-order valence-corrected chi connectivity index (χ0v) is 12.9. The molecule has 1 aromatic heterocycles. The van der Waals surface area contributed by atoms with Crippen molar-refractivity contribution in [3.63, 3.8) is 0 Å². The Morgan fingerprint density at radius 1 is 1.45 bits per heavy atom. The quantitative estimate of drug-likeness (QED) is 0.773. The first kappa shape index (κ1) is 15.3. The predicted molar refractivity (Wildman–Crippen MR) is 79.0 cm³/mol. The first-order valence-electron chi connectivity index (χ1n) is 7.15. The zero-order chi connectivity index (χ0) is 14.4. The summed E-state index contributed by atoms with van der Waals surface area (Å²) < 4.78 is 5.28. The molecule has 1 saturated heterocycles. The summed E-state index contributed by atoms with van der Waals surface area (Å²) in [6.07, 6.45) is 3.10. The lowest BCUT2D eigenvalue weighted by Gasteiger charge is -2.21. The number of likely N-dealkylation sites (tertiary alicyclic amines) is 1. The Morgan fingerprint density at radius 2 is 2.20 bits per heavy atom. The van der Waals surface area contributed by atoms with Crippen molar-refractivity contribution in [2.75, 3.05) is 31.6 Å². The van der Waals surface area contributed by atoms with Gasteiger partial charge in [-0.25, -0.2) is 0 Å². The molecule has 112 valence electrons. The third-order valence-corrected chi connectivity index (χ3v) is 4.33. The van der Waals surface area contributed by atoms with Crippen molar-refractivity contribution in [2.24, 2.45) is 0 Å². The number of carbonyl (C=O) groups is 1. The van der Waals surface area contributed by atoms with E-state index in [0.29, 0.717) is 18.3 Å². The van der Waals surface area contributed by atoms with Crippen LogP contribution in [-0.4, -0.2) is 53.3 Å².